The lowest BCUT2D eigenvalue weighted by molar-refractivity contribution is -0.127. The van der Waals surface area contributed by atoms with Gasteiger partial charge in [0.1, 0.15) is 11.5 Å². The van der Waals surface area contributed by atoms with Crippen LogP contribution in [0, 0.1) is 13.8 Å². The second-order valence-electron chi connectivity index (χ2n) is 6.13. The van der Waals surface area contributed by atoms with Crippen LogP contribution >= 0.6 is 11.6 Å². The first-order chi connectivity index (χ1) is 11.8. The molecule has 1 amide bonds. The molecule has 2 aromatic rings. The van der Waals surface area contributed by atoms with Gasteiger partial charge in [-0.05, 0) is 68.7 Å². The Morgan fingerprint density at radius 1 is 1.04 bits per heavy atom. The topological polar surface area (TPSA) is 47.6 Å². The van der Waals surface area contributed by atoms with Crippen molar-refractivity contribution in [1.82, 2.24) is 5.32 Å². The van der Waals surface area contributed by atoms with Crippen molar-refractivity contribution >= 4 is 17.5 Å². The highest BCUT2D eigenvalue weighted by Gasteiger charge is 2.18. The Bertz CT molecular complexity index is 720. The monoisotopic (exact) mass is 361 g/mol. The van der Waals surface area contributed by atoms with E-state index in [0.717, 1.165) is 27.5 Å². The Labute approximate surface area is 154 Å². The van der Waals surface area contributed by atoms with E-state index >= 15 is 0 Å². The molecule has 2 atom stereocenters. The van der Waals surface area contributed by atoms with Gasteiger partial charge < -0.3 is 14.8 Å². The summed E-state index contributed by atoms with van der Waals surface area (Å²) < 4.78 is 10.9. The number of amides is 1. The number of carbonyl (C=O) groups excluding carboxylic acids is 1. The maximum absolute atomic E-state index is 12.4. The van der Waals surface area contributed by atoms with Crippen molar-refractivity contribution in [1.29, 1.82) is 0 Å². The Hall–Kier alpha value is -2.20. The fourth-order valence-corrected chi connectivity index (χ4v) is 2.65. The fourth-order valence-electron chi connectivity index (χ4n) is 2.54. The van der Waals surface area contributed by atoms with E-state index in [9.17, 15) is 4.79 Å². The van der Waals surface area contributed by atoms with E-state index in [2.05, 4.69) is 5.32 Å². The Morgan fingerprint density at radius 3 is 2.12 bits per heavy atom. The van der Waals surface area contributed by atoms with Crippen LogP contribution in [0.4, 0.5) is 0 Å². The van der Waals surface area contributed by atoms with Crippen LogP contribution in [0.2, 0.25) is 5.02 Å². The Morgan fingerprint density at radius 2 is 1.60 bits per heavy atom. The summed E-state index contributed by atoms with van der Waals surface area (Å²) in [6, 6.07) is 11.2. The molecule has 0 fully saturated rings. The van der Waals surface area contributed by atoms with Crippen molar-refractivity contribution in [3.8, 4) is 11.5 Å². The van der Waals surface area contributed by atoms with Crippen molar-refractivity contribution in [3.05, 3.63) is 58.1 Å². The summed E-state index contributed by atoms with van der Waals surface area (Å²) in [4.78, 5) is 12.4. The van der Waals surface area contributed by atoms with E-state index in [0.29, 0.717) is 5.75 Å². The molecule has 0 saturated carbocycles. The van der Waals surface area contributed by atoms with Crippen LogP contribution in [0.15, 0.2) is 36.4 Å². The summed E-state index contributed by atoms with van der Waals surface area (Å²) in [5.41, 5.74) is 2.85. The maximum atomic E-state index is 12.4. The molecule has 4 nitrogen and oxygen atoms in total. The predicted octanol–water partition coefficient (Wildman–Crippen LogP) is 4.61. The van der Waals surface area contributed by atoms with E-state index in [1.807, 2.05) is 57.2 Å². The average Bonchev–Trinajstić information content (AvgIpc) is 2.59. The molecule has 1 N–H and O–H groups in total. The number of hydrogen-bond donors (Lipinski definition) is 1. The molecular formula is C20H24ClNO3. The zero-order valence-corrected chi connectivity index (χ0v) is 16.0. The summed E-state index contributed by atoms with van der Waals surface area (Å²) in [5.74, 6) is 1.25. The molecule has 25 heavy (non-hydrogen) atoms. The maximum Gasteiger partial charge on any atom is 0.261 e. The van der Waals surface area contributed by atoms with E-state index < -0.39 is 6.10 Å². The van der Waals surface area contributed by atoms with Crippen LogP contribution in [0.3, 0.4) is 0 Å². The summed E-state index contributed by atoms with van der Waals surface area (Å²) in [6.07, 6.45) is -0.610. The Kier molecular flexibility index (Phi) is 6.32. The third kappa shape index (κ3) is 4.89. The lowest BCUT2D eigenvalue weighted by Crippen LogP contribution is -2.37. The van der Waals surface area contributed by atoms with Crippen LogP contribution in [0.5, 0.6) is 11.5 Å². The van der Waals surface area contributed by atoms with Gasteiger partial charge in [0.2, 0.25) is 0 Å². The largest absolute Gasteiger partial charge is 0.497 e. The van der Waals surface area contributed by atoms with Gasteiger partial charge in [-0.3, -0.25) is 4.79 Å². The lowest BCUT2D eigenvalue weighted by Gasteiger charge is -2.20. The van der Waals surface area contributed by atoms with E-state index in [1.54, 1.807) is 14.0 Å². The molecule has 0 aromatic heterocycles. The van der Waals surface area contributed by atoms with Gasteiger partial charge in [-0.1, -0.05) is 23.7 Å². The normalized spacial score (nSPS) is 13.0. The van der Waals surface area contributed by atoms with E-state index in [1.165, 1.54) is 0 Å². The third-order valence-electron chi connectivity index (χ3n) is 4.07. The van der Waals surface area contributed by atoms with Crippen molar-refractivity contribution < 1.29 is 14.3 Å². The molecule has 0 aliphatic heterocycles. The lowest BCUT2D eigenvalue weighted by atomic mass is 10.1. The van der Waals surface area contributed by atoms with E-state index in [-0.39, 0.29) is 11.9 Å². The molecule has 2 aromatic carbocycles. The molecule has 0 spiro atoms. The van der Waals surface area contributed by atoms with Crippen molar-refractivity contribution in [2.24, 2.45) is 0 Å². The van der Waals surface area contributed by atoms with Crippen LogP contribution in [0.25, 0.3) is 0 Å². The molecule has 2 rings (SSSR count). The minimum Gasteiger partial charge on any atom is -0.497 e. The van der Waals surface area contributed by atoms with Crippen molar-refractivity contribution in [2.75, 3.05) is 7.11 Å². The van der Waals surface area contributed by atoms with Gasteiger partial charge in [-0.25, -0.2) is 0 Å². The number of methoxy groups -OCH3 is 1. The average molecular weight is 362 g/mol. The molecule has 0 radical (unpaired) electrons. The predicted molar refractivity (Wildman–Crippen MR) is 101 cm³/mol. The smallest absolute Gasteiger partial charge is 0.261 e. The molecule has 0 aliphatic rings. The van der Waals surface area contributed by atoms with Crippen LogP contribution in [-0.4, -0.2) is 19.1 Å². The second-order valence-corrected chi connectivity index (χ2v) is 6.51. The number of ether oxygens (including phenoxy) is 2. The highest BCUT2D eigenvalue weighted by atomic mass is 35.5. The second kappa shape index (κ2) is 8.26. The van der Waals surface area contributed by atoms with Gasteiger partial charge in [0.05, 0.1) is 13.2 Å². The van der Waals surface area contributed by atoms with E-state index in [4.69, 9.17) is 21.1 Å². The number of aryl methyl sites for hydroxylation is 2. The summed E-state index contributed by atoms with van der Waals surface area (Å²) in [6.45, 7) is 7.50. The number of halogens is 1. The number of rotatable bonds is 6. The standard InChI is InChI=1S/C20H24ClNO3/c1-12-10-18(11-13(2)19(12)21)25-15(4)20(23)22-14(3)16-6-8-17(24-5)9-7-16/h6-11,14-15H,1-5H3,(H,22,23)/t14-,15-/m0/s1. The van der Waals surface area contributed by atoms with Crippen LogP contribution in [-0.2, 0) is 4.79 Å². The number of benzene rings is 2. The minimum absolute atomic E-state index is 0.127. The van der Waals surface area contributed by atoms with Gasteiger partial charge in [0.25, 0.3) is 5.91 Å². The van der Waals surface area contributed by atoms with Crippen molar-refractivity contribution in [2.45, 2.75) is 39.8 Å². The SMILES string of the molecule is COc1ccc([C@H](C)NC(=O)[C@H](C)Oc2cc(C)c(Cl)c(C)c2)cc1. The van der Waals surface area contributed by atoms with Gasteiger partial charge in [0.15, 0.2) is 6.10 Å². The van der Waals surface area contributed by atoms with Crippen molar-refractivity contribution in [3.63, 3.8) is 0 Å². The zero-order valence-electron chi connectivity index (χ0n) is 15.2. The minimum atomic E-state index is -0.610. The molecular weight excluding hydrogens is 338 g/mol. The van der Waals surface area contributed by atoms with Gasteiger partial charge in [-0.15, -0.1) is 0 Å². The number of carbonyl (C=O) groups is 1. The highest BCUT2D eigenvalue weighted by Crippen LogP contribution is 2.26. The fraction of sp³-hybridized carbons (Fsp3) is 0.350. The van der Waals surface area contributed by atoms with Gasteiger partial charge >= 0.3 is 0 Å². The first-order valence-corrected chi connectivity index (χ1v) is 8.57. The summed E-state index contributed by atoms with van der Waals surface area (Å²) in [5, 5.41) is 3.68. The number of nitrogens with one attached hydrogen (secondary N) is 1. The molecule has 0 bridgehead atoms. The third-order valence-corrected chi connectivity index (χ3v) is 4.66. The molecule has 0 aliphatic carbocycles. The quantitative estimate of drug-likeness (QED) is 0.817. The van der Waals surface area contributed by atoms with Crippen LogP contribution < -0.4 is 14.8 Å². The summed E-state index contributed by atoms with van der Waals surface area (Å²) in [7, 11) is 1.62. The molecule has 134 valence electrons. The molecule has 0 unspecified atom stereocenters. The Balaban J connectivity index is 1.99. The number of hydrogen-bond acceptors (Lipinski definition) is 3. The molecule has 0 heterocycles. The van der Waals surface area contributed by atoms with Gasteiger partial charge in [0, 0.05) is 5.02 Å². The van der Waals surface area contributed by atoms with Crippen LogP contribution in [0.1, 0.15) is 36.6 Å². The highest BCUT2D eigenvalue weighted by molar-refractivity contribution is 6.32. The molecule has 0 saturated heterocycles. The first-order valence-electron chi connectivity index (χ1n) is 8.19. The summed E-state index contributed by atoms with van der Waals surface area (Å²) >= 11 is 6.16. The zero-order chi connectivity index (χ0) is 18.6. The first kappa shape index (κ1) is 19.1. The molecule has 5 heteroatoms. The van der Waals surface area contributed by atoms with Gasteiger partial charge in [-0.2, -0.15) is 0 Å².